The molecule has 2 heterocycles. The van der Waals surface area contributed by atoms with Crippen LogP contribution < -0.4 is 5.56 Å². The highest BCUT2D eigenvalue weighted by Crippen LogP contribution is 2.02. The van der Waals surface area contributed by atoms with Crippen molar-refractivity contribution < 1.29 is 4.79 Å². The lowest BCUT2D eigenvalue weighted by Crippen LogP contribution is -2.36. The van der Waals surface area contributed by atoms with Gasteiger partial charge in [-0.1, -0.05) is 18.2 Å². The second-order valence-corrected chi connectivity index (χ2v) is 4.19. The summed E-state index contributed by atoms with van der Waals surface area (Å²) in [7, 11) is 0. The molecule has 0 aromatic carbocycles. The lowest BCUT2D eigenvalue weighted by molar-refractivity contribution is 0.0788. The summed E-state index contributed by atoms with van der Waals surface area (Å²) in [4.78, 5) is 30.3. The van der Waals surface area contributed by atoms with Gasteiger partial charge in [0.25, 0.3) is 11.5 Å². The van der Waals surface area contributed by atoms with Crippen LogP contribution in [-0.2, 0) is 0 Å². The lowest BCUT2D eigenvalue weighted by Gasteiger charge is -2.18. The summed E-state index contributed by atoms with van der Waals surface area (Å²) < 4.78 is 1.35. The normalized spacial score (nSPS) is 10.2. The molecule has 2 rings (SSSR count). The van der Waals surface area contributed by atoms with Gasteiger partial charge >= 0.3 is 0 Å². The molecule has 1 amide bonds. The number of amides is 1. The van der Waals surface area contributed by atoms with E-state index in [-0.39, 0.29) is 17.0 Å². The monoisotopic (exact) mass is 269 g/mol. The summed E-state index contributed by atoms with van der Waals surface area (Å²) in [6, 6.07) is 5.21. The second-order valence-electron chi connectivity index (χ2n) is 4.19. The first-order chi connectivity index (χ1) is 9.69. The van der Waals surface area contributed by atoms with Gasteiger partial charge in [-0.3, -0.25) is 14.0 Å². The topological polar surface area (TPSA) is 54.7 Å². The molecule has 0 saturated carbocycles. The molecule has 0 unspecified atom stereocenters. The van der Waals surface area contributed by atoms with E-state index in [1.165, 1.54) is 15.5 Å². The fourth-order valence-electron chi connectivity index (χ4n) is 1.90. The minimum absolute atomic E-state index is 0.0393. The summed E-state index contributed by atoms with van der Waals surface area (Å²) in [6.07, 6.45) is 6.12. The minimum Gasteiger partial charge on any atom is -0.331 e. The van der Waals surface area contributed by atoms with Crippen LogP contribution in [-0.4, -0.2) is 33.3 Å². The van der Waals surface area contributed by atoms with Crippen molar-refractivity contribution in [2.75, 3.05) is 13.1 Å². The van der Waals surface area contributed by atoms with Crippen LogP contribution in [0.1, 0.15) is 10.4 Å². The highest BCUT2D eigenvalue weighted by atomic mass is 16.2. The maximum Gasteiger partial charge on any atom is 0.270 e. The molecule has 0 spiro atoms. The Morgan fingerprint density at radius 1 is 1.30 bits per heavy atom. The predicted molar refractivity (Wildman–Crippen MR) is 77.8 cm³/mol. The van der Waals surface area contributed by atoms with Crippen molar-refractivity contribution in [1.29, 1.82) is 0 Å². The van der Waals surface area contributed by atoms with Crippen molar-refractivity contribution in [3.8, 4) is 0 Å². The number of carbonyl (C=O) groups excluding carboxylic acids is 1. The Bertz CT molecular complexity index is 708. The number of rotatable bonds is 5. The Morgan fingerprint density at radius 2 is 2.00 bits per heavy atom. The molecule has 0 aliphatic carbocycles. The van der Waals surface area contributed by atoms with Gasteiger partial charge in [-0.2, -0.15) is 0 Å². The average molecular weight is 269 g/mol. The molecular formula is C15H15N3O2. The molecule has 2 aromatic heterocycles. The van der Waals surface area contributed by atoms with Crippen LogP contribution >= 0.6 is 0 Å². The summed E-state index contributed by atoms with van der Waals surface area (Å²) >= 11 is 0. The predicted octanol–water partition coefficient (Wildman–Crippen LogP) is 1.51. The molecule has 0 N–H and O–H groups in total. The Kier molecular flexibility index (Phi) is 4.10. The van der Waals surface area contributed by atoms with E-state index < -0.39 is 0 Å². The SMILES string of the molecule is C=CCN(CC=C)C(=O)c1cnc2ccccn2c1=O. The van der Waals surface area contributed by atoms with Gasteiger partial charge in [-0.25, -0.2) is 4.98 Å². The van der Waals surface area contributed by atoms with Gasteiger partial charge in [0.1, 0.15) is 11.2 Å². The number of aromatic nitrogens is 2. The molecule has 0 bridgehead atoms. The van der Waals surface area contributed by atoms with Gasteiger partial charge in [-0.15, -0.1) is 13.2 Å². The van der Waals surface area contributed by atoms with E-state index in [9.17, 15) is 9.59 Å². The molecule has 0 fully saturated rings. The Morgan fingerprint density at radius 3 is 2.65 bits per heavy atom. The third-order valence-electron chi connectivity index (χ3n) is 2.83. The molecule has 0 aliphatic heterocycles. The van der Waals surface area contributed by atoms with Gasteiger partial charge < -0.3 is 4.90 Å². The summed E-state index contributed by atoms with van der Waals surface area (Å²) in [5.41, 5.74) is 0.171. The van der Waals surface area contributed by atoms with E-state index in [2.05, 4.69) is 18.1 Å². The fourth-order valence-corrected chi connectivity index (χ4v) is 1.90. The van der Waals surface area contributed by atoms with Crippen LogP contribution in [0.3, 0.4) is 0 Å². The van der Waals surface area contributed by atoms with Crippen molar-refractivity contribution in [2.24, 2.45) is 0 Å². The van der Waals surface area contributed by atoms with Crippen molar-refractivity contribution in [3.05, 3.63) is 71.8 Å². The molecule has 0 saturated heterocycles. The zero-order valence-corrected chi connectivity index (χ0v) is 11.0. The van der Waals surface area contributed by atoms with Gasteiger partial charge in [0.15, 0.2) is 0 Å². The van der Waals surface area contributed by atoms with Gasteiger partial charge in [-0.05, 0) is 12.1 Å². The van der Waals surface area contributed by atoms with Crippen molar-refractivity contribution in [2.45, 2.75) is 0 Å². The Balaban J connectivity index is 2.49. The second kappa shape index (κ2) is 5.97. The standard InChI is InChI=1S/C15H15N3O2/c1-3-8-17(9-4-2)14(19)12-11-16-13-7-5-6-10-18(13)15(12)20/h3-7,10-11H,1-2,8-9H2. The van der Waals surface area contributed by atoms with Crippen molar-refractivity contribution in [3.63, 3.8) is 0 Å². The minimum atomic E-state index is -0.376. The molecule has 20 heavy (non-hydrogen) atoms. The summed E-state index contributed by atoms with van der Waals surface area (Å²) in [5, 5.41) is 0. The first-order valence-corrected chi connectivity index (χ1v) is 6.16. The maximum absolute atomic E-state index is 12.4. The van der Waals surface area contributed by atoms with Gasteiger partial charge in [0.05, 0.1) is 0 Å². The number of nitrogens with zero attached hydrogens (tertiary/aromatic N) is 3. The third kappa shape index (κ3) is 2.51. The fraction of sp³-hybridized carbons (Fsp3) is 0.133. The van der Waals surface area contributed by atoms with Crippen LogP contribution in [0.5, 0.6) is 0 Å². The van der Waals surface area contributed by atoms with Crippen LogP contribution in [0.2, 0.25) is 0 Å². The molecule has 0 radical (unpaired) electrons. The molecular weight excluding hydrogens is 254 g/mol. The summed E-state index contributed by atoms with van der Waals surface area (Å²) in [6.45, 7) is 7.91. The van der Waals surface area contributed by atoms with E-state index >= 15 is 0 Å². The largest absolute Gasteiger partial charge is 0.331 e. The van der Waals surface area contributed by atoms with Crippen LogP contribution in [0.25, 0.3) is 5.65 Å². The number of fused-ring (bicyclic) bond motifs is 1. The van der Waals surface area contributed by atoms with Crippen LogP contribution in [0.15, 0.2) is 60.7 Å². The smallest absolute Gasteiger partial charge is 0.270 e. The molecule has 5 heteroatoms. The number of hydrogen-bond donors (Lipinski definition) is 0. The van der Waals surface area contributed by atoms with E-state index in [1.54, 1.807) is 36.5 Å². The van der Waals surface area contributed by atoms with E-state index in [4.69, 9.17) is 0 Å². The van der Waals surface area contributed by atoms with E-state index in [0.29, 0.717) is 18.7 Å². The van der Waals surface area contributed by atoms with E-state index in [0.717, 1.165) is 0 Å². The zero-order chi connectivity index (χ0) is 14.5. The first kappa shape index (κ1) is 13.7. The number of carbonyl (C=O) groups is 1. The van der Waals surface area contributed by atoms with Crippen molar-refractivity contribution >= 4 is 11.6 Å². The third-order valence-corrected chi connectivity index (χ3v) is 2.83. The average Bonchev–Trinajstić information content (AvgIpc) is 2.47. The molecule has 2 aromatic rings. The van der Waals surface area contributed by atoms with Gasteiger partial charge in [0.2, 0.25) is 0 Å². The zero-order valence-electron chi connectivity index (χ0n) is 11.0. The molecule has 0 aliphatic rings. The highest BCUT2D eigenvalue weighted by molar-refractivity contribution is 5.94. The van der Waals surface area contributed by atoms with Crippen LogP contribution in [0.4, 0.5) is 0 Å². The van der Waals surface area contributed by atoms with Crippen molar-refractivity contribution in [1.82, 2.24) is 14.3 Å². The number of pyridine rings is 1. The lowest BCUT2D eigenvalue weighted by atomic mass is 10.2. The number of hydrogen-bond acceptors (Lipinski definition) is 3. The molecule has 102 valence electrons. The molecule has 5 nitrogen and oxygen atoms in total. The Labute approximate surface area is 116 Å². The summed E-state index contributed by atoms with van der Waals surface area (Å²) in [5.74, 6) is -0.374. The first-order valence-electron chi connectivity index (χ1n) is 6.16. The highest BCUT2D eigenvalue weighted by Gasteiger charge is 2.18. The van der Waals surface area contributed by atoms with Gasteiger partial charge in [0, 0.05) is 25.5 Å². The maximum atomic E-state index is 12.4. The molecule has 0 atom stereocenters. The van der Waals surface area contributed by atoms with Crippen LogP contribution in [0, 0.1) is 0 Å². The van der Waals surface area contributed by atoms with E-state index in [1.807, 2.05) is 0 Å². The quantitative estimate of drug-likeness (QED) is 0.773. The Hall–Kier alpha value is -2.69.